The van der Waals surface area contributed by atoms with Crippen molar-refractivity contribution in [3.63, 3.8) is 0 Å². The van der Waals surface area contributed by atoms with Crippen molar-refractivity contribution in [3.8, 4) is 22.8 Å². The van der Waals surface area contributed by atoms with Crippen LogP contribution in [0.1, 0.15) is 75.3 Å². The van der Waals surface area contributed by atoms with Gasteiger partial charge in [0.25, 0.3) is 0 Å². The number of benzene rings is 4. The van der Waals surface area contributed by atoms with Gasteiger partial charge in [-0.3, -0.25) is 29.0 Å². The standard InChI is InChI=1S/C51H57N7O5/c59-47(42-19-11-31-57(42)50(61)44-17-7-9-29-55(44)34-36-13-3-1-4-14-36)53-40-25-21-38(22-26-40)46-33-52-49(63-46)39-23-27-41(28-24-39)54-48(60)43-20-12-32-58(43)51(62)45-18-8-10-30-56(45)35-37-15-5-2-6-16-37/h1-6,13-16,21-28,33,42-45H,7-12,17-20,29-32,34-35H2,(H,53,59)(H,54,60)/t42?,43-,44?,45-/m0/s1. The lowest BCUT2D eigenvalue weighted by molar-refractivity contribution is -0.143. The van der Waals surface area contributed by atoms with Crippen molar-refractivity contribution < 1.29 is 23.6 Å². The van der Waals surface area contributed by atoms with Crippen molar-refractivity contribution in [2.24, 2.45) is 0 Å². The highest BCUT2D eigenvalue weighted by molar-refractivity contribution is 5.99. The van der Waals surface area contributed by atoms with Gasteiger partial charge >= 0.3 is 0 Å². The molecule has 4 saturated heterocycles. The SMILES string of the molecule is O=C(Nc1ccc(-c2cnc(-c3ccc(NC(=O)[C@@H]4CCCN4C(=O)[C@@H]4CCCCN4Cc4ccccc4)cc3)o2)cc1)C1CCCN1C(=O)C1CCCCN1Cc1ccccc1. The van der Waals surface area contributed by atoms with Crippen LogP contribution in [0.5, 0.6) is 0 Å². The number of carbonyl (C=O) groups excluding carboxylic acids is 4. The van der Waals surface area contributed by atoms with Gasteiger partial charge in [-0.1, -0.05) is 73.5 Å². The Hall–Kier alpha value is -6.11. The summed E-state index contributed by atoms with van der Waals surface area (Å²) in [5.74, 6) is 0.793. The second-order valence-corrected chi connectivity index (χ2v) is 17.5. The molecule has 0 spiro atoms. The summed E-state index contributed by atoms with van der Waals surface area (Å²) in [6, 6.07) is 33.9. The molecule has 4 amide bonds. The van der Waals surface area contributed by atoms with Crippen molar-refractivity contribution >= 4 is 35.0 Å². The average molecular weight is 848 g/mol. The summed E-state index contributed by atoms with van der Waals surface area (Å²) in [6.07, 6.45) is 10.3. The zero-order valence-corrected chi connectivity index (χ0v) is 35.9. The normalized spacial score (nSPS) is 21.9. The maximum Gasteiger partial charge on any atom is 0.247 e. The van der Waals surface area contributed by atoms with Gasteiger partial charge < -0.3 is 24.9 Å². The van der Waals surface area contributed by atoms with Crippen LogP contribution in [-0.4, -0.2) is 98.6 Å². The smallest absolute Gasteiger partial charge is 0.247 e. The third-order valence-corrected chi connectivity index (χ3v) is 13.3. The van der Waals surface area contributed by atoms with E-state index in [9.17, 15) is 19.2 Å². The lowest BCUT2D eigenvalue weighted by Gasteiger charge is -2.38. The Morgan fingerprint density at radius 3 is 1.43 bits per heavy atom. The molecular weight excluding hydrogens is 791 g/mol. The third-order valence-electron chi connectivity index (χ3n) is 13.3. The molecule has 2 unspecified atom stereocenters. The number of piperidine rings is 2. The molecule has 5 aromatic rings. The Bertz CT molecular complexity index is 2190. The van der Waals surface area contributed by atoms with Crippen molar-refractivity contribution in [2.45, 2.75) is 101 Å². The number of carbonyl (C=O) groups is 4. The predicted molar refractivity (Wildman–Crippen MR) is 243 cm³/mol. The first kappa shape index (κ1) is 42.2. The zero-order valence-electron chi connectivity index (χ0n) is 35.9. The van der Waals surface area contributed by atoms with Gasteiger partial charge in [0, 0.05) is 48.7 Å². The van der Waals surface area contributed by atoms with Crippen LogP contribution < -0.4 is 10.6 Å². The molecule has 5 heterocycles. The van der Waals surface area contributed by atoms with E-state index in [0.717, 1.165) is 88.7 Å². The number of nitrogens with zero attached hydrogens (tertiary/aromatic N) is 5. The molecule has 4 aliphatic heterocycles. The van der Waals surface area contributed by atoms with Crippen LogP contribution in [0.15, 0.2) is 120 Å². The Morgan fingerprint density at radius 1 is 0.508 bits per heavy atom. The van der Waals surface area contributed by atoms with Crippen LogP contribution in [0.3, 0.4) is 0 Å². The van der Waals surface area contributed by atoms with Crippen LogP contribution in [0.2, 0.25) is 0 Å². The maximum absolute atomic E-state index is 14.0. The molecule has 326 valence electrons. The minimum absolute atomic E-state index is 0.0580. The van der Waals surface area contributed by atoms with Gasteiger partial charge in [-0.05, 0) is 124 Å². The number of nitrogens with one attached hydrogen (secondary N) is 2. The van der Waals surface area contributed by atoms with Crippen LogP contribution in [-0.2, 0) is 32.3 Å². The van der Waals surface area contributed by atoms with E-state index in [0.29, 0.717) is 49.0 Å². The van der Waals surface area contributed by atoms with Crippen LogP contribution in [0.4, 0.5) is 11.4 Å². The lowest BCUT2D eigenvalue weighted by Crippen LogP contribution is -2.53. The van der Waals surface area contributed by atoms with Gasteiger partial charge in [-0.25, -0.2) is 4.98 Å². The molecule has 0 radical (unpaired) electrons. The highest BCUT2D eigenvalue weighted by atomic mass is 16.4. The molecule has 0 saturated carbocycles. The number of amides is 4. The Balaban J connectivity index is 0.781. The molecule has 12 heteroatoms. The first-order chi connectivity index (χ1) is 30.9. The number of hydrogen-bond donors (Lipinski definition) is 2. The lowest BCUT2D eigenvalue weighted by atomic mass is 9.99. The van der Waals surface area contributed by atoms with Crippen molar-refractivity contribution in [1.29, 1.82) is 0 Å². The Morgan fingerprint density at radius 2 is 0.952 bits per heavy atom. The summed E-state index contributed by atoms with van der Waals surface area (Å²) in [4.78, 5) is 67.9. The number of oxazole rings is 1. The van der Waals surface area contributed by atoms with Crippen molar-refractivity contribution in [3.05, 3.63) is 127 Å². The maximum atomic E-state index is 14.0. The van der Waals surface area contributed by atoms with Gasteiger partial charge in [-0.2, -0.15) is 0 Å². The number of aromatic nitrogens is 1. The summed E-state index contributed by atoms with van der Waals surface area (Å²) < 4.78 is 6.17. The van der Waals surface area contributed by atoms with Crippen LogP contribution >= 0.6 is 0 Å². The predicted octanol–water partition coefficient (Wildman–Crippen LogP) is 7.98. The van der Waals surface area contributed by atoms with E-state index in [1.807, 2.05) is 84.9 Å². The van der Waals surface area contributed by atoms with Gasteiger partial charge in [-0.15, -0.1) is 0 Å². The first-order valence-corrected chi connectivity index (χ1v) is 22.8. The number of anilines is 2. The van der Waals surface area contributed by atoms with E-state index >= 15 is 0 Å². The molecule has 0 bridgehead atoms. The highest BCUT2D eigenvalue weighted by Crippen LogP contribution is 2.31. The Labute approximate surface area is 369 Å². The monoisotopic (exact) mass is 847 g/mol. The minimum Gasteiger partial charge on any atom is -0.436 e. The summed E-state index contributed by atoms with van der Waals surface area (Å²) in [5.41, 5.74) is 5.22. The molecule has 4 aromatic carbocycles. The molecule has 4 atom stereocenters. The number of likely N-dealkylation sites (tertiary alicyclic amines) is 4. The molecule has 63 heavy (non-hydrogen) atoms. The number of rotatable bonds is 12. The van der Waals surface area contributed by atoms with Gasteiger partial charge in [0.1, 0.15) is 12.1 Å². The molecule has 4 fully saturated rings. The van der Waals surface area contributed by atoms with E-state index in [-0.39, 0.29) is 35.7 Å². The summed E-state index contributed by atoms with van der Waals surface area (Å²) in [7, 11) is 0. The van der Waals surface area contributed by atoms with Gasteiger partial charge in [0.2, 0.25) is 29.5 Å². The summed E-state index contributed by atoms with van der Waals surface area (Å²) in [6.45, 7) is 4.39. The van der Waals surface area contributed by atoms with E-state index in [2.05, 4.69) is 49.7 Å². The largest absolute Gasteiger partial charge is 0.436 e. The van der Waals surface area contributed by atoms with Crippen LogP contribution in [0.25, 0.3) is 22.8 Å². The summed E-state index contributed by atoms with van der Waals surface area (Å²) in [5, 5.41) is 6.11. The Kier molecular flexibility index (Phi) is 13.1. The molecular formula is C51H57N7O5. The molecule has 2 N–H and O–H groups in total. The molecule has 12 nitrogen and oxygen atoms in total. The minimum atomic E-state index is -0.503. The van der Waals surface area contributed by atoms with E-state index < -0.39 is 12.1 Å². The van der Waals surface area contributed by atoms with E-state index in [1.54, 1.807) is 16.0 Å². The quantitative estimate of drug-likeness (QED) is 0.129. The molecule has 4 aliphatic rings. The second kappa shape index (κ2) is 19.5. The molecule has 1 aromatic heterocycles. The fourth-order valence-corrected chi connectivity index (χ4v) is 9.95. The second-order valence-electron chi connectivity index (χ2n) is 17.5. The third kappa shape index (κ3) is 9.77. The number of hydrogen-bond acceptors (Lipinski definition) is 8. The van der Waals surface area contributed by atoms with E-state index in [4.69, 9.17) is 4.42 Å². The average Bonchev–Trinajstić information content (AvgIpc) is 4.13. The van der Waals surface area contributed by atoms with Crippen molar-refractivity contribution in [1.82, 2.24) is 24.6 Å². The van der Waals surface area contributed by atoms with Gasteiger partial charge in [0.15, 0.2) is 5.76 Å². The summed E-state index contributed by atoms with van der Waals surface area (Å²) >= 11 is 0. The van der Waals surface area contributed by atoms with E-state index in [1.165, 1.54) is 11.1 Å². The topological polar surface area (TPSA) is 131 Å². The fraction of sp³-hybridized carbons (Fsp3) is 0.392. The molecule has 0 aliphatic carbocycles. The fourth-order valence-electron chi connectivity index (χ4n) is 9.95. The first-order valence-electron chi connectivity index (χ1n) is 22.8. The highest BCUT2D eigenvalue weighted by Gasteiger charge is 2.41. The zero-order chi connectivity index (χ0) is 43.1. The van der Waals surface area contributed by atoms with Crippen LogP contribution in [0, 0.1) is 0 Å². The van der Waals surface area contributed by atoms with Gasteiger partial charge in [0.05, 0.1) is 18.3 Å². The van der Waals surface area contributed by atoms with Crippen molar-refractivity contribution in [2.75, 3.05) is 36.8 Å². The molecule has 9 rings (SSSR count).